The predicted octanol–water partition coefficient (Wildman–Crippen LogP) is 3.33. The number of ether oxygens (including phenoxy) is 1. The quantitative estimate of drug-likeness (QED) is 0.494. The number of hydrogen-bond donors (Lipinski definition) is 2. The zero-order chi connectivity index (χ0) is 17.2. The van der Waals surface area contributed by atoms with Crippen LogP contribution in [0.4, 0.5) is 5.69 Å². The molecule has 0 bridgehead atoms. The molecule has 3 rings (SSSR count). The van der Waals surface area contributed by atoms with Gasteiger partial charge in [0.05, 0.1) is 12.2 Å². The lowest BCUT2D eigenvalue weighted by atomic mass is 10.2. The molecule has 24 heavy (non-hydrogen) atoms. The third-order valence-electron chi connectivity index (χ3n) is 3.32. The fourth-order valence-corrected chi connectivity index (χ4v) is 2.32. The average Bonchev–Trinajstić information content (AvgIpc) is 2.61. The Kier molecular flexibility index (Phi) is 7.52. The summed E-state index contributed by atoms with van der Waals surface area (Å²) in [5.41, 5.74) is 2.13. The van der Waals surface area contributed by atoms with Gasteiger partial charge in [-0.15, -0.1) is 6.58 Å². The minimum atomic E-state index is 0.0933. The van der Waals surface area contributed by atoms with E-state index in [1.807, 2.05) is 37.4 Å². The van der Waals surface area contributed by atoms with Crippen LogP contribution < -0.4 is 15.4 Å². The molecule has 0 saturated heterocycles. The number of allylic oxidation sites excluding steroid dienone is 1. The molecule has 0 aliphatic carbocycles. The van der Waals surface area contributed by atoms with Gasteiger partial charge in [-0.1, -0.05) is 23.7 Å². The molecular weight excluding hydrogens is 324 g/mol. The van der Waals surface area contributed by atoms with Gasteiger partial charge in [0, 0.05) is 18.9 Å². The third-order valence-corrected chi connectivity index (χ3v) is 3.54. The van der Waals surface area contributed by atoms with Crippen LogP contribution in [0, 0.1) is 0 Å². The zero-order valence-corrected chi connectivity index (χ0v) is 14.6. The molecule has 128 valence electrons. The van der Waals surface area contributed by atoms with Gasteiger partial charge >= 0.3 is 0 Å². The molecule has 0 fully saturated rings. The van der Waals surface area contributed by atoms with Crippen LogP contribution >= 0.6 is 11.6 Å². The van der Waals surface area contributed by atoms with Crippen LogP contribution in [0.5, 0.6) is 5.88 Å². The number of hydrogen-bond acceptors (Lipinski definition) is 5. The van der Waals surface area contributed by atoms with E-state index in [2.05, 4.69) is 27.2 Å². The van der Waals surface area contributed by atoms with Crippen molar-refractivity contribution in [3.63, 3.8) is 0 Å². The van der Waals surface area contributed by atoms with E-state index in [0.29, 0.717) is 11.0 Å². The molecule has 1 atom stereocenters. The molecule has 3 heterocycles. The van der Waals surface area contributed by atoms with Crippen LogP contribution in [0.25, 0.3) is 0 Å². The molecule has 0 aromatic carbocycles. The number of fused-ring (bicyclic) bond motifs is 1. The highest BCUT2D eigenvalue weighted by Gasteiger charge is 2.19. The van der Waals surface area contributed by atoms with E-state index < -0.39 is 0 Å². The monoisotopic (exact) mass is 346 g/mol. The number of anilines is 1. The largest absolute Gasteiger partial charge is 0.470 e. The number of halogens is 1. The lowest BCUT2D eigenvalue weighted by Gasteiger charge is -2.26. The van der Waals surface area contributed by atoms with E-state index >= 15 is 0 Å². The SMILES string of the molecule is C=CC.Clc1ccc(CCNCC2CNc3cccnc3O2)cn1. The van der Waals surface area contributed by atoms with Gasteiger partial charge in [-0.25, -0.2) is 9.97 Å². The second kappa shape index (κ2) is 9.90. The third kappa shape index (κ3) is 5.83. The molecule has 0 radical (unpaired) electrons. The maximum Gasteiger partial charge on any atom is 0.237 e. The molecule has 2 aromatic heterocycles. The average molecular weight is 347 g/mol. The predicted molar refractivity (Wildman–Crippen MR) is 98.8 cm³/mol. The minimum Gasteiger partial charge on any atom is -0.470 e. The van der Waals surface area contributed by atoms with E-state index in [1.54, 1.807) is 12.3 Å². The lowest BCUT2D eigenvalue weighted by Crippen LogP contribution is -2.40. The summed E-state index contributed by atoms with van der Waals surface area (Å²) in [5, 5.41) is 7.25. The van der Waals surface area contributed by atoms with Gasteiger partial charge in [0.1, 0.15) is 11.3 Å². The van der Waals surface area contributed by atoms with Gasteiger partial charge in [-0.2, -0.15) is 0 Å². The smallest absolute Gasteiger partial charge is 0.237 e. The van der Waals surface area contributed by atoms with Crippen LogP contribution in [-0.4, -0.2) is 35.7 Å². The summed E-state index contributed by atoms with van der Waals surface area (Å²) >= 11 is 5.76. The first-order valence-electron chi connectivity index (χ1n) is 7.96. The summed E-state index contributed by atoms with van der Waals surface area (Å²) in [6.07, 6.45) is 6.31. The second-order valence-electron chi connectivity index (χ2n) is 5.33. The number of nitrogens with one attached hydrogen (secondary N) is 2. The van der Waals surface area contributed by atoms with Crippen molar-refractivity contribution in [2.24, 2.45) is 0 Å². The van der Waals surface area contributed by atoms with Gasteiger partial charge in [-0.3, -0.25) is 0 Å². The highest BCUT2D eigenvalue weighted by atomic mass is 35.5. The number of aromatic nitrogens is 2. The number of pyridine rings is 2. The summed E-state index contributed by atoms with van der Waals surface area (Å²) in [4.78, 5) is 8.29. The first kappa shape index (κ1) is 18.2. The Morgan fingerprint density at radius 3 is 3.00 bits per heavy atom. The van der Waals surface area contributed by atoms with Crippen molar-refractivity contribution in [2.45, 2.75) is 19.4 Å². The number of rotatable bonds is 5. The topological polar surface area (TPSA) is 59.1 Å². The molecular formula is C18H23ClN4O. The van der Waals surface area contributed by atoms with Crippen molar-refractivity contribution in [2.75, 3.05) is 25.0 Å². The Hall–Kier alpha value is -2.11. The van der Waals surface area contributed by atoms with Crippen molar-refractivity contribution in [3.05, 3.63) is 60.0 Å². The second-order valence-corrected chi connectivity index (χ2v) is 5.72. The van der Waals surface area contributed by atoms with Gasteiger partial charge in [0.15, 0.2) is 0 Å². The maximum absolute atomic E-state index is 5.83. The maximum atomic E-state index is 5.83. The van der Waals surface area contributed by atoms with Crippen LogP contribution in [-0.2, 0) is 6.42 Å². The molecule has 0 spiro atoms. The zero-order valence-electron chi connectivity index (χ0n) is 13.8. The molecule has 0 saturated carbocycles. The normalized spacial score (nSPS) is 15.2. The molecule has 1 unspecified atom stereocenters. The van der Waals surface area contributed by atoms with E-state index in [1.165, 1.54) is 5.56 Å². The Balaban J connectivity index is 0.000000647. The molecule has 6 heteroatoms. The van der Waals surface area contributed by atoms with Crippen LogP contribution in [0.2, 0.25) is 5.15 Å². The van der Waals surface area contributed by atoms with Crippen LogP contribution in [0.1, 0.15) is 12.5 Å². The first-order chi connectivity index (χ1) is 11.7. The van der Waals surface area contributed by atoms with Crippen molar-refractivity contribution in [1.82, 2.24) is 15.3 Å². The molecule has 2 aromatic rings. The summed E-state index contributed by atoms with van der Waals surface area (Å²) < 4.78 is 5.83. The molecule has 2 N–H and O–H groups in total. The van der Waals surface area contributed by atoms with Crippen molar-refractivity contribution in [3.8, 4) is 5.88 Å². The fraction of sp³-hybridized carbons (Fsp3) is 0.333. The summed E-state index contributed by atoms with van der Waals surface area (Å²) in [7, 11) is 0. The van der Waals surface area contributed by atoms with E-state index in [4.69, 9.17) is 16.3 Å². The van der Waals surface area contributed by atoms with Crippen LogP contribution in [0.3, 0.4) is 0 Å². The molecule has 0 amide bonds. The van der Waals surface area contributed by atoms with E-state index in [-0.39, 0.29) is 6.10 Å². The minimum absolute atomic E-state index is 0.0933. The van der Waals surface area contributed by atoms with Crippen LogP contribution in [0.15, 0.2) is 49.3 Å². The molecule has 5 nitrogen and oxygen atoms in total. The van der Waals surface area contributed by atoms with Crippen molar-refractivity contribution >= 4 is 17.3 Å². The Labute approximate surface area is 148 Å². The Morgan fingerprint density at radius 1 is 1.42 bits per heavy atom. The summed E-state index contributed by atoms with van der Waals surface area (Å²) in [6.45, 7) is 7.69. The Bertz CT molecular complexity index is 633. The highest BCUT2D eigenvalue weighted by molar-refractivity contribution is 6.29. The molecule has 1 aliphatic rings. The summed E-state index contributed by atoms with van der Waals surface area (Å²) in [5.74, 6) is 0.678. The number of nitrogens with zero attached hydrogens (tertiary/aromatic N) is 2. The Morgan fingerprint density at radius 2 is 2.25 bits per heavy atom. The van der Waals surface area contributed by atoms with Gasteiger partial charge in [0.25, 0.3) is 0 Å². The lowest BCUT2D eigenvalue weighted by molar-refractivity contribution is 0.194. The molecule has 1 aliphatic heterocycles. The van der Waals surface area contributed by atoms with Gasteiger partial charge in [-0.05, 0) is 43.7 Å². The summed E-state index contributed by atoms with van der Waals surface area (Å²) in [6, 6.07) is 7.68. The standard InChI is InChI=1S/C15H17ClN4O.C3H6/c16-14-4-3-11(8-20-14)5-7-17-9-12-10-19-13-2-1-6-18-15(13)21-12;1-3-2/h1-4,6,8,12,17,19H,5,7,9-10H2;3H,1H2,2H3. The first-order valence-corrected chi connectivity index (χ1v) is 8.34. The van der Waals surface area contributed by atoms with E-state index in [0.717, 1.165) is 31.7 Å². The van der Waals surface area contributed by atoms with Crippen molar-refractivity contribution in [1.29, 1.82) is 0 Å². The van der Waals surface area contributed by atoms with Gasteiger partial charge < -0.3 is 15.4 Å². The highest BCUT2D eigenvalue weighted by Crippen LogP contribution is 2.24. The van der Waals surface area contributed by atoms with Crippen molar-refractivity contribution < 1.29 is 4.74 Å². The van der Waals surface area contributed by atoms with E-state index in [9.17, 15) is 0 Å². The van der Waals surface area contributed by atoms with Gasteiger partial charge in [0.2, 0.25) is 5.88 Å². The fourth-order valence-electron chi connectivity index (χ4n) is 2.21.